The summed E-state index contributed by atoms with van der Waals surface area (Å²) in [4.78, 5) is 0.247. The van der Waals surface area contributed by atoms with Crippen molar-refractivity contribution in [2.45, 2.75) is 37.1 Å². The van der Waals surface area contributed by atoms with Crippen LogP contribution in [0.2, 0.25) is 0 Å². The van der Waals surface area contributed by atoms with Gasteiger partial charge in [0.1, 0.15) is 5.82 Å². The molecule has 0 aromatic heterocycles. The first kappa shape index (κ1) is 20.8. The van der Waals surface area contributed by atoms with Gasteiger partial charge in [-0.2, -0.15) is 0 Å². The van der Waals surface area contributed by atoms with E-state index < -0.39 is 10.0 Å². The molecule has 0 saturated heterocycles. The third kappa shape index (κ3) is 3.79. The van der Waals surface area contributed by atoms with Gasteiger partial charge >= 0.3 is 0 Å². The summed E-state index contributed by atoms with van der Waals surface area (Å²) < 4.78 is 42.4. The van der Waals surface area contributed by atoms with E-state index >= 15 is 0 Å². The summed E-state index contributed by atoms with van der Waals surface area (Å²) in [5.41, 5.74) is 5.49. The molecule has 0 radical (unpaired) electrons. The summed E-state index contributed by atoms with van der Waals surface area (Å²) in [7, 11) is -3.72. The lowest BCUT2D eigenvalue weighted by atomic mass is 9.77. The Morgan fingerprint density at radius 3 is 2.41 bits per heavy atom. The first-order chi connectivity index (χ1) is 15.3. The fourth-order valence-electron chi connectivity index (χ4n) is 4.99. The van der Waals surface area contributed by atoms with Crippen LogP contribution < -0.4 is 10.0 Å². The number of rotatable bonds is 4. The van der Waals surface area contributed by atoms with E-state index in [1.54, 1.807) is 12.1 Å². The fourth-order valence-corrected chi connectivity index (χ4v) is 6.06. The minimum atomic E-state index is -3.72. The van der Waals surface area contributed by atoms with Gasteiger partial charge in [-0.3, -0.25) is 4.72 Å². The predicted molar refractivity (Wildman–Crippen MR) is 126 cm³/mol. The van der Waals surface area contributed by atoms with Crippen LogP contribution in [-0.4, -0.2) is 8.42 Å². The van der Waals surface area contributed by atoms with Gasteiger partial charge in [-0.1, -0.05) is 30.4 Å². The minimum Gasteiger partial charge on any atom is -0.378 e. The van der Waals surface area contributed by atoms with Crippen LogP contribution in [0.4, 0.5) is 15.8 Å². The number of halogens is 1. The second-order valence-electron chi connectivity index (χ2n) is 8.76. The summed E-state index contributed by atoms with van der Waals surface area (Å²) in [5, 5.41) is 3.57. The van der Waals surface area contributed by atoms with E-state index in [-0.39, 0.29) is 28.6 Å². The number of nitrogens with one attached hydrogen (secondary N) is 2. The molecule has 5 rings (SSSR count). The first-order valence-electron chi connectivity index (χ1n) is 10.7. The Morgan fingerprint density at radius 2 is 1.69 bits per heavy atom. The molecule has 3 unspecified atom stereocenters. The number of allylic oxidation sites excluding steroid dienone is 2. The maximum Gasteiger partial charge on any atom is 0.261 e. The number of benzene rings is 3. The van der Waals surface area contributed by atoms with Crippen molar-refractivity contribution in [1.29, 1.82) is 0 Å². The number of fused-ring (bicyclic) bond motifs is 3. The molecular weight excluding hydrogens is 423 g/mol. The maximum atomic E-state index is 13.4. The highest BCUT2D eigenvalue weighted by molar-refractivity contribution is 7.92. The molecule has 2 N–H and O–H groups in total. The maximum absolute atomic E-state index is 13.4. The Morgan fingerprint density at radius 1 is 0.969 bits per heavy atom. The van der Waals surface area contributed by atoms with Crippen molar-refractivity contribution in [3.05, 3.63) is 101 Å². The molecule has 0 spiro atoms. The van der Waals surface area contributed by atoms with Crippen LogP contribution in [0.1, 0.15) is 40.6 Å². The predicted octanol–water partition coefficient (Wildman–Crippen LogP) is 6.07. The number of hydrogen-bond donors (Lipinski definition) is 2. The van der Waals surface area contributed by atoms with Gasteiger partial charge in [-0.25, -0.2) is 12.8 Å². The highest BCUT2D eigenvalue weighted by Crippen LogP contribution is 2.50. The van der Waals surface area contributed by atoms with Crippen LogP contribution in [0.5, 0.6) is 0 Å². The Kier molecular flexibility index (Phi) is 5.05. The van der Waals surface area contributed by atoms with Crippen molar-refractivity contribution in [2.24, 2.45) is 5.92 Å². The van der Waals surface area contributed by atoms with Crippen LogP contribution in [0.3, 0.4) is 0 Å². The minimum absolute atomic E-state index is 0.0407. The largest absolute Gasteiger partial charge is 0.378 e. The number of aryl methyl sites for hydroxylation is 2. The SMILES string of the molecule is Cc1cc(C)cc(NS(=O)(=O)c2ccc3c(c2)C2C=CCC2C(c2ccc(F)cc2)N3)c1. The molecule has 2 aliphatic rings. The van der Waals surface area contributed by atoms with Gasteiger partial charge in [0, 0.05) is 17.3 Å². The molecule has 3 aromatic rings. The molecule has 0 bridgehead atoms. The Hall–Kier alpha value is -3.12. The molecule has 0 saturated carbocycles. The topological polar surface area (TPSA) is 58.2 Å². The summed E-state index contributed by atoms with van der Waals surface area (Å²) in [6.07, 6.45) is 5.20. The van der Waals surface area contributed by atoms with Crippen molar-refractivity contribution in [2.75, 3.05) is 10.0 Å². The summed E-state index contributed by atoms with van der Waals surface area (Å²) in [6, 6.07) is 17.6. The lowest BCUT2D eigenvalue weighted by Gasteiger charge is -2.37. The fraction of sp³-hybridized carbons (Fsp3) is 0.231. The summed E-state index contributed by atoms with van der Waals surface area (Å²) in [5.74, 6) is 0.105. The smallest absolute Gasteiger partial charge is 0.261 e. The van der Waals surface area contributed by atoms with E-state index in [4.69, 9.17) is 0 Å². The summed E-state index contributed by atoms with van der Waals surface area (Å²) in [6.45, 7) is 3.89. The lowest BCUT2D eigenvalue weighted by molar-refractivity contribution is 0.424. The second-order valence-corrected chi connectivity index (χ2v) is 10.4. The molecular formula is C26H25FN2O2S. The zero-order valence-electron chi connectivity index (χ0n) is 18.0. The molecule has 0 amide bonds. The van der Waals surface area contributed by atoms with Gasteiger partial charge in [0.15, 0.2) is 0 Å². The van der Waals surface area contributed by atoms with Crippen molar-refractivity contribution in [1.82, 2.24) is 0 Å². The normalized spacial score (nSPS) is 21.5. The average molecular weight is 449 g/mol. The van der Waals surface area contributed by atoms with Gasteiger partial charge in [-0.15, -0.1) is 0 Å². The van der Waals surface area contributed by atoms with Crippen LogP contribution in [-0.2, 0) is 10.0 Å². The van der Waals surface area contributed by atoms with Gasteiger partial charge in [0.2, 0.25) is 0 Å². The number of anilines is 2. The molecule has 1 aliphatic carbocycles. The second kappa shape index (κ2) is 7.78. The van der Waals surface area contributed by atoms with E-state index in [0.717, 1.165) is 34.4 Å². The van der Waals surface area contributed by atoms with Crippen molar-refractivity contribution in [3.63, 3.8) is 0 Å². The van der Waals surface area contributed by atoms with Crippen LogP contribution >= 0.6 is 0 Å². The van der Waals surface area contributed by atoms with Crippen LogP contribution in [0.15, 0.2) is 77.7 Å². The molecule has 164 valence electrons. The monoisotopic (exact) mass is 448 g/mol. The van der Waals surface area contributed by atoms with Crippen molar-refractivity contribution >= 4 is 21.4 Å². The van der Waals surface area contributed by atoms with Gasteiger partial charge < -0.3 is 5.32 Å². The van der Waals surface area contributed by atoms with Crippen molar-refractivity contribution < 1.29 is 12.8 Å². The zero-order chi connectivity index (χ0) is 22.5. The Balaban J connectivity index is 1.49. The van der Waals surface area contributed by atoms with E-state index in [0.29, 0.717) is 5.69 Å². The number of hydrogen-bond acceptors (Lipinski definition) is 3. The summed E-state index contributed by atoms with van der Waals surface area (Å²) >= 11 is 0. The number of sulfonamides is 1. The third-order valence-corrected chi connectivity index (χ3v) is 7.73. The quantitative estimate of drug-likeness (QED) is 0.476. The van der Waals surface area contributed by atoms with Gasteiger partial charge in [0.25, 0.3) is 10.0 Å². The van der Waals surface area contributed by atoms with Crippen molar-refractivity contribution in [3.8, 4) is 0 Å². The first-order valence-corrected chi connectivity index (χ1v) is 12.2. The zero-order valence-corrected chi connectivity index (χ0v) is 18.8. The third-order valence-electron chi connectivity index (χ3n) is 6.35. The van der Waals surface area contributed by atoms with Gasteiger partial charge in [0.05, 0.1) is 10.9 Å². The standard InChI is InChI=1S/C26H25FN2O2S/c1-16-12-17(2)14-20(13-16)29-32(30,31)21-10-11-25-24(15-21)22-4-3-5-23(22)26(28-25)18-6-8-19(27)9-7-18/h3-4,6-15,22-23,26,28-29H,5H2,1-2H3. The van der Waals surface area contributed by atoms with Crippen LogP contribution in [0.25, 0.3) is 0 Å². The molecule has 0 fully saturated rings. The molecule has 3 aromatic carbocycles. The van der Waals surface area contributed by atoms with E-state index in [1.165, 1.54) is 12.1 Å². The van der Waals surface area contributed by atoms with Gasteiger partial charge in [-0.05, 0) is 90.9 Å². The lowest BCUT2D eigenvalue weighted by Crippen LogP contribution is -2.29. The van der Waals surface area contributed by atoms with Crippen LogP contribution in [0, 0.1) is 25.6 Å². The Labute approximate surface area is 188 Å². The molecule has 1 heterocycles. The van der Waals surface area contributed by atoms with E-state index in [1.807, 2.05) is 50.2 Å². The molecule has 3 atom stereocenters. The molecule has 32 heavy (non-hydrogen) atoms. The Bertz CT molecular complexity index is 1300. The average Bonchev–Trinajstić information content (AvgIpc) is 3.22. The molecule has 1 aliphatic heterocycles. The van der Waals surface area contributed by atoms with E-state index in [9.17, 15) is 12.8 Å². The molecule has 4 nitrogen and oxygen atoms in total. The van der Waals surface area contributed by atoms with E-state index in [2.05, 4.69) is 22.2 Å². The highest BCUT2D eigenvalue weighted by atomic mass is 32.2. The molecule has 6 heteroatoms. The highest BCUT2D eigenvalue weighted by Gasteiger charge is 2.38.